The van der Waals surface area contributed by atoms with Gasteiger partial charge in [0, 0.05) is 56.1 Å². The molecule has 1 aliphatic heterocycles. The van der Waals surface area contributed by atoms with Crippen molar-refractivity contribution in [1.29, 1.82) is 0 Å². The van der Waals surface area contributed by atoms with Gasteiger partial charge < -0.3 is 15.1 Å². The van der Waals surface area contributed by atoms with Crippen molar-refractivity contribution in [2.45, 2.75) is 50.7 Å². The fourth-order valence-corrected chi connectivity index (χ4v) is 5.56. The third kappa shape index (κ3) is 6.73. The third-order valence-corrected chi connectivity index (χ3v) is 7.66. The van der Waals surface area contributed by atoms with E-state index < -0.39 is 22.4 Å². The summed E-state index contributed by atoms with van der Waals surface area (Å²) >= 11 is 0. The minimum atomic E-state index is -4.81. The van der Waals surface area contributed by atoms with Crippen molar-refractivity contribution in [2.75, 3.05) is 36.9 Å². The summed E-state index contributed by atoms with van der Waals surface area (Å²) in [5.74, 6) is 0.130. The van der Waals surface area contributed by atoms with Gasteiger partial charge in [0.05, 0.1) is 4.92 Å². The summed E-state index contributed by atoms with van der Waals surface area (Å²) in [6, 6.07) is 9.36. The van der Waals surface area contributed by atoms with E-state index in [4.69, 9.17) is 0 Å². The summed E-state index contributed by atoms with van der Waals surface area (Å²) in [5, 5.41) is 14.1. The molecule has 2 aromatic rings. The first-order valence-corrected chi connectivity index (χ1v) is 12.9. The van der Waals surface area contributed by atoms with Crippen molar-refractivity contribution in [3.8, 4) is 0 Å². The van der Waals surface area contributed by atoms with Crippen LogP contribution in [0.5, 0.6) is 0 Å². The molecule has 1 saturated carbocycles. The molecule has 2 fully saturated rings. The van der Waals surface area contributed by atoms with E-state index in [1.807, 2.05) is 11.9 Å². The Morgan fingerprint density at radius 1 is 1.05 bits per heavy atom. The van der Waals surface area contributed by atoms with Gasteiger partial charge in [-0.25, -0.2) is 4.39 Å². The minimum absolute atomic E-state index is 0.0365. The van der Waals surface area contributed by atoms with Gasteiger partial charge in [0.2, 0.25) is 5.91 Å². The van der Waals surface area contributed by atoms with E-state index in [1.165, 1.54) is 18.2 Å². The second-order valence-electron chi connectivity index (χ2n) is 10.3. The van der Waals surface area contributed by atoms with Gasteiger partial charge in [-0.1, -0.05) is 0 Å². The van der Waals surface area contributed by atoms with E-state index in [0.29, 0.717) is 12.5 Å². The lowest BCUT2D eigenvalue weighted by molar-refractivity contribution is -0.388. The smallest absolute Gasteiger partial charge is 0.382 e. The maximum atomic E-state index is 13.3. The predicted molar refractivity (Wildman–Crippen MR) is 136 cm³/mol. The number of amides is 1. The van der Waals surface area contributed by atoms with Crippen molar-refractivity contribution >= 4 is 23.0 Å². The molecule has 4 rings (SSSR count). The van der Waals surface area contributed by atoms with Crippen LogP contribution in [-0.4, -0.2) is 48.5 Å². The molecule has 0 atom stereocenters. The number of halogens is 4. The van der Waals surface area contributed by atoms with Crippen LogP contribution in [-0.2, 0) is 11.0 Å². The Balaban J connectivity index is 1.23. The second kappa shape index (κ2) is 11.6. The molecule has 2 aliphatic rings. The monoisotopic (exact) mass is 536 g/mol. The van der Waals surface area contributed by atoms with Gasteiger partial charge in [-0.2, -0.15) is 13.2 Å². The fourth-order valence-electron chi connectivity index (χ4n) is 5.56. The molecule has 1 aliphatic carbocycles. The largest absolute Gasteiger partial charge is 0.423 e. The lowest BCUT2D eigenvalue weighted by Gasteiger charge is -2.36. The topological polar surface area (TPSA) is 78.7 Å². The van der Waals surface area contributed by atoms with Crippen molar-refractivity contribution in [1.82, 2.24) is 4.90 Å². The molecule has 11 heteroatoms. The molecule has 7 nitrogen and oxygen atoms in total. The minimum Gasteiger partial charge on any atom is -0.382 e. The van der Waals surface area contributed by atoms with Crippen molar-refractivity contribution < 1.29 is 27.3 Å². The van der Waals surface area contributed by atoms with Gasteiger partial charge in [-0.15, -0.1) is 0 Å². The van der Waals surface area contributed by atoms with Crippen LogP contribution in [0.25, 0.3) is 0 Å². The highest BCUT2D eigenvalue weighted by Gasteiger charge is 2.38. The van der Waals surface area contributed by atoms with E-state index >= 15 is 0 Å². The lowest BCUT2D eigenvalue weighted by Crippen LogP contribution is -2.43. The zero-order valence-electron chi connectivity index (χ0n) is 21.2. The highest BCUT2D eigenvalue weighted by molar-refractivity contribution is 5.79. The summed E-state index contributed by atoms with van der Waals surface area (Å²) < 4.78 is 53.0. The van der Waals surface area contributed by atoms with E-state index in [0.717, 1.165) is 69.4 Å². The number of rotatable bonds is 7. The molecule has 1 amide bonds. The van der Waals surface area contributed by atoms with Gasteiger partial charge >= 0.3 is 6.18 Å². The second-order valence-corrected chi connectivity index (χ2v) is 10.3. The van der Waals surface area contributed by atoms with Gasteiger partial charge in [-0.3, -0.25) is 14.9 Å². The summed E-state index contributed by atoms with van der Waals surface area (Å²) in [5.41, 5.74) is -1.05. The van der Waals surface area contributed by atoms with Crippen molar-refractivity contribution in [2.24, 2.45) is 11.8 Å². The van der Waals surface area contributed by atoms with Crippen LogP contribution in [0.15, 0.2) is 42.5 Å². The molecule has 206 valence electrons. The molecule has 1 saturated heterocycles. The van der Waals surface area contributed by atoms with Crippen LogP contribution in [0.4, 0.5) is 34.6 Å². The van der Waals surface area contributed by atoms with Crippen LogP contribution >= 0.6 is 0 Å². The van der Waals surface area contributed by atoms with E-state index in [2.05, 4.69) is 10.2 Å². The Morgan fingerprint density at radius 2 is 1.68 bits per heavy atom. The maximum Gasteiger partial charge on any atom is 0.423 e. The van der Waals surface area contributed by atoms with Gasteiger partial charge in [0.15, 0.2) is 0 Å². The molecule has 38 heavy (non-hydrogen) atoms. The number of hydrogen-bond acceptors (Lipinski definition) is 5. The predicted octanol–water partition coefficient (Wildman–Crippen LogP) is 6.10. The number of nitro benzene ring substituents is 1. The molecule has 1 heterocycles. The third-order valence-electron chi connectivity index (χ3n) is 7.66. The van der Waals surface area contributed by atoms with Gasteiger partial charge in [-0.05, 0) is 80.8 Å². The molecule has 0 aromatic heterocycles. The van der Waals surface area contributed by atoms with Gasteiger partial charge in [0.25, 0.3) is 5.69 Å². The number of piperidine rings is 1. The van der Waals surface area contributed by atoms with Crippen LogP contribution in [0.2, 0.25) is 0 Å². The van der Waals surface area contributed by atoms with Crippen LogP contribution < -0.4 is 10.2 Å². The fraction of sp³-hybridized carbons (Fsp3) is 0.519. The number of anilines is 2. The summed E-state index contributed by atoms with van der Waals surface area (Å²) in [4.78, 5) is 27.0. The van der Waals surface area contributed by atoms with Crippen molar-refractivity contribution in [3.05, 3.63) is 64.0 Å². The Morgan fingerprint density at radius 3 is 2.26 bits per heavy atom. The number of nitrogens with one attached hydrogen (secondary N) is 1. The van der Waals surface area contributed by atoms with Crippen LogP contribution in [0, 0.1) is 27.8 Å². The summed E-state index contributed by atoms with van der Waals surface area (Å²) in [6.45, 7) is 2.12. The Labute approximate surface area is 218 Å². The zero-order valence-corrected chi connectivity index (χ0v) is 21.2. The number of nitro groups is 1. The average molecular weight is 537 g/mol. The lowest BCUT2D eigenvalue weighted by atomic mass is 9.85. The van der Waals surface area contributed by atoms with E-state index in [-0.39, 0.29) is 29.4 Å². The van der Waals surface area contributed by atoms with Gasteiger partial charge in [0.1, 0.15) is 11.4 Å². The van der Waals surface area contributed by atoms with Crippen LogP contribution in [0.1, 0.15) is 44.1 Å². The molecule has 2 aromatic carbocycles. The molecule has 1 N–H and O–H groups in total. The summed E-state index contributed by atoms with van der Waals surface area (Å²) in [6.07, 6.45) is -0.192. The number of carbonyl (C=O) groups excluding carboxylic acids is 1. The van der Waals surface area contributed by atoms with Crippen LogP contribution in [0.3, 0.4) is 0 Å². The van der Waals surface area contributed by atoms with E-state index in [9.17, 15) is 32.5 Å². The number of alkyl halides is 3. The molecular formula is C27H32F4N4O3. The molecule has 0 radical (unpaired) electrons. The Kier molecular flexibility index (Phi) is 8.42. The quantitative estimate of drug-likeness (QED) is 0.263. The highest BCUT2D eigenvalue weighted by Crippen LogP contribution is 2.38. The Hall–Kier alpha value is -3.37. The first-order chi connectivity index (χ1) is 18.0. The number of hydrogen-bond donors (Lipinski definition) is 1. The van der Waals surface area contributed by atoms with E-state index in [1.54, 1.807) is 12.1 Å². The highest BCUT2D eigenvalue weighted by atomic mass is 19.4. The Bertz CT molecular complexity index is 1130. The maximum absolute atomic E-state index is 13.3. The zero-order chi connectivity index (χ0) is 27.4. The summed E-state index contributed by atoms with van der Waals surface area (Å²) in [7, 11) is 1.83. The average Bonchev–Trinajstić information content (AvgIpc) is 2.89. The first-order valence-electron chi connectivity index (χ1n) is 12.9. The molecule has 0 spiro atoms. The normalized spacial score (nSPS) is 20.7. The number of benzene rings is 2. The first kappa shape index (κ1) is 27.7. The standard InChI is InChI=1S/C27H32F4N4O3/c1-33(26(36)19-12-14-34(15-13-19)23-9-4-20(28)5-10-23)17-18-2-6-21(7-3-18)32-22-8-11-25(35(37)38)24(16-22)27(29,30)31/h4-5,8-11,16,18-19,21,32H,2-3,6-7,12-15,17H2,1H3. The number of nitrogens with zero attached hydrogens (tertiary/aromatic N) is 3. The molecular weight excluding hydrogens is 504 g/mol. The SMILES string of the molecule is CN(CC1CCC(Nc2ccc([N+](=O)[O-])c(C(F)(F)F)c2)CC1)C(=O)C1CCN(c2ccc(F)cc2)CC1. The number of carbonyl (C=O) groups is 1. The molecule has 0 unspecified atom stereocenters. The van der Waals surface area contributed by atoms with Crippen molar-refractivity contribution in [3.63, 3.8) is 0 Å². The molecule has 0 bridgehead atoms.